The van der Waals surface area contributed by atoms with Crippen molar-refractivity contribution < 1.29 is 0 Å². The van der Waals surface area contributed by atoms with E-state index in [0.717, 1.165) is 11.4 Å². The fourth-order valence-corrected chi connectivity index (χ4v) is 2.12. The van der Waals surface area contributed by atoms with Crippen LogP contribution in [0.3, 0.4) is 0 Å². The molecule has 70 valence electrons. The summed E-state index contributed by atoms with van der Waals surface area (Å²) in [7, 11) is 0. The second kappa shape index (κ2) is 3.22. The standard InChI is InChI=1S/C11H14ClN/c1-7-3-6-10(12)9-5-4-8(2)13-11(7)9/h3,6,8,13H,4-5H2,1-2H3/t8-/m1/s1. The SMILES string of the molecule is Cc1ccc(Cl)c2c1N[C@H](C)CC2. The summed E-state index contributed by atoms with van der Waals surface area (Å²) in [6, 6.07) is 4.64. The Morgan fingerprint density at radius 1 is 1.46 bits per heavy atom. The predicted molar refractivity (Wildman–Crippen MR) is 57.6 cm³/mol. The smallest absolute Gasteiger partial charge is 0.0458 e. The summed E-state index contributed by atoms with van der Waals surface area (Å²) in [4.78, 5) is 0. The minimum Gasteiger partial charge on any atom is -0.382 e. The Kier molecular flexibility index (Phi) is 2.20. The first-order valence-corrected chi connectivity index (χ1v) is 5.11. The Labute approximate surface area is 84.1 Å². The number of halogens is 1. The number of benzene rings is 1. The molecule has 1 aliphatic rings. The monoisotopic (exact) mass is 195 g/mol. The van der Waals surface area contributed by atoms with Crippen LogP contribution in [0, 0.1) is 6.92 Å². The van der Waals surface area contributed by atoms with E-state index in [1.807, 2.05) is 6.07 Å². The summed E-state index contributed by atoms with van der Waals surface area (Å²) in [5.41, 5.74) is 3.84. The molecule has 0 saturated heterocycles. The quantitative estimate of drug-likeness (QED) is 0.669. The molecule has 0 radical (unpaired) electrons. The van der Waals surface area contributed by atoms with Crippen molar-refractivity contribution in [2.24, 2.45) is 0 Å². The lowest BCUT2D eigenvalue weighted by molar-refractivity contribution is 0.679. The van der Waals surface area contributed by atoms with Gasteiger partial charge in [-0.1, -0.05) is 17.7 Å². The Morgan fingerprint density at radius 3 is 3.00 bits per heavy atom. The fraction of sp³-hybridized carbons (Fsp3) is 0.455. The zero-order chi connectivity index (χ0) is 9.42. The Morgan fingerprint density at radius 2 is 2.23 bits per heavy atom. The second-order valence-electron chi connectivity index (χ2n) is 3.80. The van der Waals surface area contributed by atoms with Gasteiger partial charge in [0.1, 0.15) is 0 Å². The Hall–Kier alpha value is -0.690. The van der Waals surface area contributed by atoms with Crippen molar-refractivity contribution in [3.05, 3.63) is 28.3 Å². The van der Waals surface area contributed by atoms with E-state index in [9.17, 15) is 0 Å². The zero-order valence-electron chi connectivity index (χ0n) is 8.02. The van der Waals surface area contributed by atoms with E-state index >= 15 is 0 Å². The van der Waals surface area contributed by atoms with Crippen LogP contribution in [0.1, 0.15) is 24.5 Å². The molecule has 1 atom stereocenters. The van der Waals surface area contributed by atoms with Crippen LogP contribution in [0.2, 0.25) is 5.02 Å². The molecule has 0 aliphatic carbocycles. The van der Waals surface area contributed by atoms with Gasteiger partial charge in [0, 0.05) is 16.8 Å². The molecule has 0 spiro atoms. The highest BCUT2D eigenvalue weighted by atomic mass is 35.5. The Balaban J connectivity index is 2.51. The molecule has 1 heterocycles. The van der Waals surface area contributed by atoms with E-state index in [4.69, 9.17) is 11.6 Å². The lowest BCUT2D eigenvalue weighted by Gasteiger charge is -2.26. The van der Waals surface area contributed by atoms with Crippen LogP contribution in [0.15, 0.2) is 12.1 Å². The first-order chi connectivity index (χ1) is 6.18. The van der Waals surface area contributed by atoms with Crippen molar-refractivity contribution in [2.75, 3.05) is 5.32 Å². The van der Waals surface area contributed by atoms with Gasteiger partial charge in [0.15, 0.2) is 0 Å². The molecule has 2 heteroatoms. The maximum Gasteiger partial charge on any atom is 0.0458 e. The molecule has 0 aromatic heterocycles. The molecular weight excluding hydrogens is 182 g/mol. The van der Waals surface area contributed by atoms with Gasteiger partial charge in [0.2, 0.25) is 0 Å². The van der Waals surface area contributed by atoms with Crippen molar-refractivity contribution in [3.63, 3.8) is 0 Å². The lowest BCUT2D eigenvalue weighted by Crippen LogP contribution is -2.22. The normalized spacial score (nSPS) is 20.7. The van der Waals surface area contributed by atoms with Gasteiger partial charge in [0.25, 0.3) is 0 Å². The van der Waals surface area contributed by atoms with E-state index in [0.29, 0.717) is 6.04 Å². The number of aryl methyl sites for hydroxylation is 1. The average Bonchev–Trinajstić information content (AvgIpc) is 2.12. The van der Waals surface area contributed by atoms with Gasteiger partial charge in [-0.2, -0.15) is 0 Å². The van der Waals surface area contributed by atoms with Gasteiger partial charge in [-0.05, 0) is 43.9 Å². The third-order valence-corrected chi connectivity index (χ3v) is 3.04. The summed E-state index contributed by atoms with van der Waals surface area (Å²) in [5, 5.41) is 4.39. The summed E-state index contributed by atoms with van der Waals surface area (Å²) in [5.74, 6) is 0. The number of anilines is 1. The van der Waals surface area contributed by atoms with Crippen LogP contribution >= 0.6 is 11.6 Å². The third kappa shape index (κ3) is 1.53. The van der Waals surface area contributed by atoms with Gasteiger partial charge < -0.3 is 5.32 Å². The molecule has 0 amide bonds. The van der Waals surface area contributed by atoms with E-state index in [1.54, 1.807) is 0 Å². The van der Waals surface area contributed by atoms with Crippen LogP contribution in [0.4, 0.5) is 5.69 Å². The maximum absolute atomic E-state index is 6.12. The molecule has 1 aromatic carbocycles. The van der Waals surface area contributed by atoms with Crippen molar-refractivity contribution in [1.82, 2.24) is 0 Å². The molecule has 0 bridgehead atoms. The van der Waals surface area contributed by atoms with Gasteiger partial charge >= 0.3 is 0 Å². The molecule has 1 N–H and O–H groups in total. The highest BCUT2D eigenvalue weighted by Crippen LogP contribution is 2.33. The van der Waals surface area contributed by atoms with Gasteiger partial charge in [0.05, 0.1) is 0 Å². The van der Waals surface area contributed by atoms with Crippen molar-refractivity contribution in [1.29, 1.82) is 0 Å². The molecule has 13 heavy (non-hydrogen) atoms. The van der Waals surface area contributed by atoms with E-state index in [-0.39, 0.29) is 0 Å². The largest absolute Gasteiger partial charge is 0.382 e. The molecule has 1 aromatic rings. The first-order valence-electron chi connectivity index (χ1n) is 4.73. The van der Waals surface area contributed by atoms with Crippen LogP contribution in [-0.4, -0.2) is 6.04 Å². The van der Waals surface area contributed by atoms with Crippen LogP contribution in [0.25, 0.3) is 0 Å². The number of hydrogen-bond acceptors (Lipinski definition) is 1. The topological polar surface area (TPSA) is 12.0 Å². The van der Waals surface area contributed by atoms with Crippen molar-refractivity contribution in [2.45, 2.75) is 32.7 Å². The molecule has 1 nitrogen and oxygen atoms in total. The van der Waals surface area contributed by atoms with E-state index in [2.05, 4.69) is 25.2 Å². The van der Waals surface area contributed by atoms with Gasteiger partial charge in [-0.3, -0.25) is 0 Å². The molecule has 0 saturated carbocycles. The highest BCUT2D eigenvalue weighted by molar-refractivity contribution is 6.31. The predicted octanol–water partition coefficient (Wildman–Crippen LogP) is 3.40. The molecule has 0 unspecified atom stereocenters. The molecular formula is C11H14ClN. The van der Waals surface area contributed by atoms with Crippen molar-refractivity contribution in [3.8, 4) is 0 Å². The number of rotatable bonds is 0. The van der Waals surface area contributed by atoms with E-state index < -0.39 is 0 Å². The lowest BCUT2D eigenvalue weighted by atomic mass is 9.96. The molecule has 0 fully saturated rings. The molecule has 2 rings (SSSR count). The zero-order valence-corrected chi connectivity index (χ0v) is 8.78. The van der Waals surface area contributed by atoms with E-state index in [1.165, 1.54) is 23.2 Å². The first kappa shape index (κ1) is 8.89. The third-order valence-electron chi connectivity index (χ3n) is 2.68. The van der Waals surface area contributed by atoms with Gasteiger partial charge in [-0.15, -0.1) is 0 Å². The maximum atomic E-state index is 6.12. The Bertz CT molecular complexity index is 333. The van der Waals surface area contributed by atoms with Gasteiger partial charge in [-0.25, -0.2) is 0 Å². The van der Waals surface area contributed by atoms with Crippen molar-refractivity contribution >= 4 is 17.3 Å². The fourth-order valence-electron chi connectivity index (χ4n) is 1.86. The molecule has 1 aliphatic heterocycles. The van der Waals surface area contributed by atoms with Crippen LogP contribution in [0.5, 0.6) is 0 Å². The van der Waals surface area contributed by atoms with Crippen LogP contribution < -0.4 is 5.32 Å². The summed E-state index contributed by atoms with van der Waals surface area (Å²) < 4.78 is 0. The summed E-state index contributed by atoms with van der Waals surface area (Å²) >= 11 is 6.12. The number of fused-ring (bicyclic) bond motifs is 1. The number of hydrogen-bond donors (Lipinski definition) is 1. The average molecular weight is 196 g/mol. The number of nitrogens with one attached hydrogen (secondary N) is 1. The van der Waals surface area contributed by atoms with Crippen LogP contribution in [-0.2, 0) is 6.42 Å². The minimum atomic E-state index is 0.574. The highest BCUT2D eigenvalue weighted by Gasteiger charge is 2.17. The summed E-state index contributed by atoms with van der Waals surface area (Å²) in [6.07, 6.45) is 2.28. The summed E-state index contributed by atoms with van der Waals surface area (Å²) in [6.45, 7) is 4.34. The minimum absolute atomic E-state index is 0.574. The second-order valence-corrected chi connectivity index (χ2v) is 4.21.